The molecule has 9 aliphatic carbocycles. The average molecular weight is 933 g/mol. The largest absolute Gasteiger partial charge is 0.462 e. The Morgan fingerprint density at radius 1 is 0.761 bits per heavy atom. The third-order valence-corrected chi connectivity index (χ3v) is 22.5. The molecule has 9 saturated carbocycles. The van der Waals surface area contributed by atoms with Crippen LogP contribution in [0.2, 0.25) is 0 Å². The first-order chi connectivity index (χ1) is 31.7. The Hall–Kier alpha value is -2.53. The number of carbonyl (C=O) groups excluding carboxylic acids is 5. The lowest BCUT2D eigenvalue weighted by Gasteiger charge is -2.52. The Morgan fingerprint density at radius 2 is 1.45 bits per heavy atom. The summed E-state index contributed by atoms with van der Waals surface area (Å²) in [6.07, 6.45) is 13.3. The summed E-state index contributed by atoms with van der Waals surface area (Å²) in [7, 11) is 0. The van der Waals surface area contributed by atoms with Crippen LogP contribution >= 0.6 is 0 Å². The van der Waals surface area contributed by atoms with Crippen LogP contribution in [-0.2, 0) is 47.7 Å². The lowest BCUT2D eigenvalue weighted by atomic mass is 9.52. The molecular weight excluding hydrogens is 849 g/mol. The Bertz CT molecular complexity index is 1940. The van der Waals surface area contributed by atoms with Gasteiger partial charge in [-0.2, -0.15) is 0 Å². The lowest BCUT2D eigenvalue weighted by molar-refractivity contribution is -0.184. The molecule has 0 aromatic rings. The maximum Gasteiger partial charge on any atom is 0.317 e. The summed E-state index contributed by atoms with van der Waals surface area (Å²) in [5.74, 6) is -1.47. The monoisotopic (exact) mass is 933 g/mol. The molecule has 10 rings (SSSR count). The van der Waals surface area contributed by atoms with Gasteiger partial charge in [-0.25, -0.2) is 0 Å². The average Bonchev–Trinajstić information content (AvgIpc) is 4.16. The topological polar surface area (TPSA) is 152 Å². The Labute approximate surface area is 400 Å². The molecule has 11 nitrogen and oxygen atoms in total. The molecule has 10 aliphatic rings. The third-order valence-electron chi connectivity index (χ3n) is 22.5. The molecule has 1 saturated heterocycles. The predicted octanol–water partition coefficient (Wildman–Crippen LogP) is 9.59. The molecule has 0 amide bonds. The van der Waals surface area contributed by atoms with Crippen LogP contribution in [0.1, 0.15) is 159 Å². The van der Waals surface area contributed by atoms with Crippen molar-refractivity contribution in [1.82, 2.24) is 0 Å². The van der Waals surface area contributed by atoms with Gasteiger partial charge in [0, 0.05) is 5.41 Å². The first-order valence-corrected chi connectivity index (χ1v) is 27.3. The zero-order chi connectivity index (χ0) is 47.6. The van der Waals surface area contributed by atoms with Crippen molar-refractivity contribution >= 4 is 29.8 Å². The standard InChI is InChI=1S/C56H84O11/c1-10-29-12-11-13-30(18-29)25-63-26-64-51(60)48-37-23-38(49(48)53(62)65-40-22-34-16-17-56(40,9)55(34,7)8)47(45-32-15-14-31(19-32)44(45)43-28(3)50(59)66-52(43)61)46(37)42-27(2)33-20-35(36(42)21-33)39(57)24-41(58)67-54(4,5)6/h27-40,42-49,57H,10-26H2,1-9H3. The van der Waals surface area contributed by atoms with Crippen molar-refractivity contribution in [2.75, 3.05) is 13.4 Å². The fourth-order valence-electron chi connectivity index (χ4n) is 19.2. The quantitative estimate of drug-likeness (QED) is 0.0583. The number of rotatable bonds is 14. The lowest BCUT2D eigenvalue weighted by Crippen LogP contribution is -2.53. The van der Waals surface area contributed by atoms with Crippen molar-refractivity contribution in [3.8, 4) is 0 Å². The number of fused-ring (bicyclic) bond motifs is 8. The highest BCUT2D eigenvalue weighted by Gasteiger charge is 2.73. The summed E-state index contributed by atoms with van der Waals surface area (Å²) in [6.45, 7) is 19.4. The van der Waals surface area contributed by atoms with E-state index in [1.807, 2.05) is 27.7 Å². The zero-order valence-electron chi connectivity index (χ0n) is 42.3. The van der Waals surface area contributed by atoms with E-state index in [-0.39, 0.29) is 101 Å². The highest BCUT2D eigenvalue weighted by atomic mass is 16.7. The van der Waals surface area contributed by atoms with Crippen molar-refractivity contribution in [3.05, 3.63) is 0 Å². The minimum Gasteiger partial charge on any atom is -0.462 e. The van der Waals surface area contributed by atoms with Crippen LogP contribution < -0.4 is 0 Å². The van der Waals surface area contributed by atoms with Gasteiger partial charge in [-0.15, -0.1) is 0 Å². The van der Waals surface area contributed by atoms with Crippen molar-refractivity contribution in [2.24, 2.45) is 129 Å². The van der Waals surface area contributed by atoms with Crippen molar-refractivity contribution in [3.63, 3.8) is 0 Å². The molecule has 8 bridgehead atoms. The fourth-order valence-corrected chi connectivity index (χ4v) is 19.2. The second kappa shape index (κ2) is 17.6. The molecular formula is C56H84O11. The van der Waals surface area contributed by atoms with Crippen LogP contribution in [0.3, 0.4) is 0 Å². The van der Waals surface area contributed by atoms with Crippen LogP contribution in [0.15, 0.2) is 0 Å². The van der Waals surface area contributed by atoms with Gasteiger partial charge in [0.2, 0.25) is 0 Å². The Balaban J connectivity index is 0.998. The smallest absolute Gasteiger partial charge is 0.317 e. The molecule has 374 valence electrons. The highest BCUT2D eigenvalue weighted by molar-refractivity contribution is 5.96. The zero-order valence-corrected chi connectivity index (χ0v) is 42.3. The van der Waals surface area contributed by atoms with Crippen LogP contribution in [0.4, 0.5) is 0 Å². The van der Waals surface area contributed by atoms with Crippen molar-refractivity contribution in [1.29, 1.82) is 0 Å². The number of aliphatic hydroxyl groups is 1. The van der Waals surface area contributed by atoms with Crippen molar-refractivity contribution < 1.29 is 52.8 Å². The van der Waals surface area contributed by atoms with E-state index in [0.717, 1.165) is 64.2 Å². The molecule has 1 aliphatic heterocycles. The Morgan fingerprint density at radius 3 is 2.07 bits per heavy atom. The molecule has 1 heterocycles. The van der Waals surface area contributed by atoms with Crippen LogP contribution in [0.25, 0.3) is 0 Å². The van der Waals surface area contributed by atoms with Crippen LogP contribution in [-0.4, -0.2) is 66.2 Å². The van der Waals surface area contributed by atoms with E-state index in [2.05, 4.69) is 34.6 Å². The molecule has 67 heavy (non-hydrogen) atoms. The van der Waals surface area contributed by atoms with Gasteiger partial charge < -0.3 is 28.8 Å². The number of ether oxygens (including phenoxy) is 5. The maximum absolute atomic E-state index is 15.4. The van der Waals surface area contributed by atoms with Gasteiger partial charge in [0.1, 0.15) is 11.7 Å². The molecule has 0 aromatic heterocycles. The SMILES string of the molecule is CCC1CCCC(COCOC(=O)C2C3CC(C2C(=O)OC2CC4CCC2(C)C4(C)C)C(C2C4CCC(C4)C2C2C(=O)OC(=O)C2C)C3C2C(C)C3CC(C(O)CC(=O)OC(C)(C)C)C2C3)C1. The van der Waals surface area contributed by atoms with Gasteiger partial charge in [0.25, 0.3) is 0 Å². The van der Waals surface area contributed by atoms with Crippen LogP contribution in [0, 0.1) is 129 Å². The van der Waals surface area contributed by atoms with Gasteiger partial charge in [0.15, 0.2) is 6.79 Å². The summed E-state index contributed by atoms with van der Waals surface area (Å²) < 4.78 is 30.4. The van der Waals surface area contributed by atoms with E-state index in [0.29, 0.717) is 48.5 Å². The number of esters is 5. The summed E-state index contributed by atoms with van der Waals surface area (Å²) >= 11 is 0. The normalized spacial score (nSPS) is 48.3. The summed E-state index contributed by atoms with van der Waals surface area (Å²) in [5, 5.41) is 12.0. The van der Waals surface area contributed by atoms with E-state index in [1.165, 1.54) is 19.3 Å². The van der Waals surface area contributed by atoms with E-state index < -0.39 is 53.3 Å². The van der Waals surface area contributed by atoms with Gasteiger partial charge >= 0.3 is 29.8 Å². The van der Waals surface area contributed by atoms with Crippen LogP contribution in [0.5, 0.6) is 0 Å². The van der Waals surface area contributed by atoms with Gasteiger partial charge in [-0.05, 0) is 192 Å². The predicted molar refractivity (Wildman–Crippen MR) is 248 cm³/mol. The maximum atomic E-state index is 15.4. The molecule has 23 atom stereocenters. The minimum atomic E-state index is -0.850. The number of aliphatic hydroxyl groups excluding tert-OH is 1. The molecule has 0 spiro atoms. The summed E-state index contributed by atoms with van der Waals surface area (Å²) in [5.41, 5.74) is -0.773. The van der Waals surface area contributed by atoms with Crippen molar-refractivity contribution in [2.45, 2.75) is 176 Å². The molecule has 1 N–H and O–H groups in total. The number of hydrogen-bond acceptors (Lipinski definition) is 11. The number of carbonyl (C=O) groups is 5. The highest BCUT2D eigenvalue weighted by Crippen LogP contribution is 2.74. The molecule has 0 radical (unpaired) electrons. The molecule has 10 fully saturated rings. The second-order valence-electron chi connectivity index (χ2n) is 26.5. The third kappa shape index (κ3) is 7.97. The second-order valence-corrected chi connectivity index (χ2v) is 26.5. The minimum absolute atomic E-state index is 0.0131. The van der Waals surface area contributed by atoms with Gasteiger partial charge in [0.05, 0.1) is 42.8 Å². The first-order valence-electron chi connectivity index (χ1n) is 27.3. The van der Waals surface area contributed by atoms with E-state index >= 15 is 9.59 Å². The van der Waals surface area contributed by atoms with E-state index in [4.69, 9.17) is 23.7 Å². The first kappa shape index (κ1) is 48.1. The summed E-state index contributed by atoms with van der Waals surface area (Å²) in [6, 6.07) is 0. The molecule has 0 aromatic carbocycles. The number of cyclic esters (lactones) is 2. The molecule has 11 heteroatoms. The van der Waals surface area contributed by atoms with Gasteiger partial charge in [-0.1, -0.05) is 60.8 Å². The molecule has 23 unspecified atom stereocenters. The summed E-state index contributed by atoms with van der Waals surface area (Å²) in [4.78, 5) is 70.7. The van der Waals surface area contributed by atoms with E-state index in [1.54, 1.807) is 0 Å². The van der Waals surface area contributed by atoms with Gasteiger partial charge in [-0.3, -0.25) is 24.0 Å². The Kier molecular flexibility index (Phi) is 12.7. The van der Waals surface area contributed by atoms with E-state index in [9.17, 15) is 19.5 Å². The fraction of sp³-hybridized carbons (Fsp3) is 0.911. The number of hydrogen-bond donors (Lipinski definition) is 1.